The van der Waals surface area contributed by atoms with Crippen LogP contribution < -0.4 is 0 Å². The molecule has 0 aliphatic heterocycles. The van der Waals surface area contributed by atoms with E-state index < -0.39 is 0 Å². The Morgan fingerprint density at radius 2 is 1.83 bits per heavy atom. The van der Waals surface area contributed by atoms with Gasteiger partial charge in [-0.3, -0.25) is 9.59 Å². The zero-order valence-electron chi connectivity index (χ0n) is 18.8. The van der Waals surface area contributed by atoms with Crippen molar-refractivity contribution in [3.63, 3.8) is 0 Å². The molecule has 0 unspecified atom stereocenters. The average molecular weight is 425 g/mol. The number of ketones is 1. The zero-order chi connectivity index (χ0) is 20.6. The summed E-state index contributed by atoms with van der Waals surface area (Å²) in [5.41, 5.74) is 1.82. The van der Waals surface area contributed by atoms with Crippen molar-refractivity contribution >= 4 is 41.3 Å². The Kier molecular flexibility index (Phi) is 8.00. The zero-order valence-corrected chi connectivity index (χ0v) is 18.8. The van der Waals surface area contributed by atoms with Crippen LogP contribution >= 0.6 is 0 Å². The van der Waals surface area contributed by atoms with E-state index >= 15 is 0 Å². The number of hydrogen-bond acceptors (Lipinski definition) is 3. The first-order chi connectivity index (χ1) is 13.9. The molecule has 0 bridgehead atoms. The molecule has 0 heterocycles. The van der Waals surface area contributed by atoms with Gasteiger partial charge in [0.2, 0.25) is 0 Å². The number of carbonyl (C=O) groups is 2. The molecule has 0 aromatic carbocycles. The van der Waals surface area contributed by atoms with Crippen LogP contribution in [0.2, 0.25) is 0 Å². The second-order valence-electron chi connectivity index (χ2n) is 10.9. The number of carbonyl (C=O) groups excluding carboxylic acids is 2. The van der Waals surface area contributed by atoms with Gasteiger partial charge in [0.1, 0.15) is 6.10 Å². The van der Waals surface area contributed by atoms with Crippen LogP contribution in [-0.4, -0.2) is 47.4 Å². The summed E-state index contributed by atoms with van der Waals surface area (Å²) < 4.78 is 6.09. The maximum absolute atomic E-state index is 12.5. The Hall–Kier alpha value is -0.120. The number of fused-ring (bicyclic) bond motifs is 5. The van der Waals surface area contributed by atoms with Gasteiger partial charge in [-0.05, 0) is 80.6 Å². The Labute approximate surface area is 205 Å². The second-order valence-corrected chi connectivity index (χ2v) is 10.9. The quantitative estimate of drug-likeness (QED) is 0.310. The van der Waals surface area contributed by atoms with Crippen LogP contribution in [0.25, 0.3) is 0 Å². The Balaban J connectivity index is 0.00000256. The predicted molar refractivity (Wildman–Crippen MR) is 122 cm³/mol. The maximum atomic E-state index is 12.5. The third-order valence-electron chi connectivity index (χ3n) is 9.38. The van der Waals surface area contributed by atoms with Crippen LogP contribution in [0.5, 0.6) is 0 Å². The molecule has 0 spiro atoms. The molecule has 30 heavy (non-hydrogen) atoms. The summed E-state index contributed by atoms with van der Waals surface area (Å²) >= 11 is 0. The van der Waals surface area contributed by atoms with Crippen molar-refractivity contribution in [3.8, 4) is 0 Å². The minimum atomic E-state index is 0. The van der Waals surface area contributed by atoms with Gasteiger partial charge in [-0.15, -0.1) is 0 Å². The molecule has 4 aliphatic rings. The first kappa shape index (κ1) is 24.5. The molecule has 6 atom stereocenters. The van der Waals surface area contributed by atoms with Gasteiger partial charge in [0.05, 0.1) is 0 Å². The van der Waals surface area contributed by atoms with E-state index in [1.165, 1.54) is 44.1 Å². The molecule has 0 amide bonds. The first-order valence-corrected chi connectivity index (χ1v) is 12.3. The van der Waals surface area contributed by atoms with Crippen LogP contribution in [0.1, 0.15) is 104 Å². The molecule has 4 heteroatoms. The summed E-state index contributed by atoms with van der Waals surface area (Å²) in [6.07, 6.45) is 15.9. The van der Waals surface area contributed by atoms with E-state index in [2.05, 4.69) is 20.8 Å². The summed E-state index contributed by atoms with van der Waals surface area (Å²) in [7, 11) is 0. The molecule has 3 nitrogen and oxygen atoms in total. The predicted octanol–water partition coefficient (Wildman–Crippen LogP) is 5.75. The molecule has 3 fully saturated rings. The van der Waals surface area contributed by atoms with Gasteiger partial charge in [-0.25, -0.2) is 0 Å². The van der Waals surface area contributed by atoms with E-state index in [-0.39, 0.29) is 52.5 Å². The van der Waals surface area contributed by atoms with Gasteiger partial charge < -0.3 is 4.74 Å². The molecule has 0 aromatic heterocycles. The molecule has 3 saturated carbocycles. The molecular formula is C26H41NaO3. The number of esters is 1. The number of allylic oxidation sites excluding steroid dienone is 1. The molecule has 4 rings (SSSR count). The summed E-state index contributed by atoms with van der Waals surface area (Å²) in [6.45, 7) is 7.05. The molecule has 0 radical (unpaired) electrons. The molecular weight excluding hydrogens is 383 g/mol. The second kappa shape index (κ2) is 9.79. The van der Waals surface area contributed by atoms with Gasteiger partial charge in [-0.1, -0.05) is 45.6 Å². The third kappa shape index (κ3) is 4.37. The molecule has 0 saturated heterocycles. The van der Waals surface area contributed by atoms with Crippen LogP contribution in [0, 0.1) is 28.6 Å². The number of hydrogen-bond donors (Lipinski definition) is 0. The van der Waals surface area contributed by atoms with Gasteiger partial charge in [0.25, 0.3) is 0 Å². The summed E-state index contributed by atoms with van der Waals surface area (Å²) in [6, 6.07) is 0. The van der Waals surface area contributed by atoms with Crippen molar-refractivity contribution in [3.05, 3.63) is 11.6 Å². The van der Waals surface area contributed by atoms with Crippen molar-refractivity contribution in [2.24, 2.45) is 28.6 Å². The normalized spacial score (nSPS) is 39.8. The standard InChI is InChI=1S/C26H40O3.Na.H/c1-4-5-6-7-8-24(28)29-23-12-11-21-20-10-9-18-17-19(27)13-15-25(18,2)22(20)14-16-26(21,23)3;;/h17,20-23H,4-16H2,1-3H3;;/t20-,21-,22-,23-,25-,26-;;/m0../s1. The molecule has 4 aliphatic carbocycles. The van der Waals surface area contributed by atoms with Crippen molar-refractivity contribution < 1.29 is 14.3 Å². The topological polar surface area (TPSA) is 43.4 Å². The van der Waals surface area contributed by atoms with E-state index in [1.54, 1.807) is 0 Å². The van der Waals surface area contributed by atoms with Crippen LogP contribution in [0.4, 0.5) is 0 Å². The van der Waals surface area contributed by atoms with Crippen molar-refractivity contribution in [1.29, 1.82) is 0 Å². The van der Waals surface area contributed by atoms with Crippen LogP contribution in [-0.2, 0) is 14.3 Å². The average Bonchev–Trinajstić information content (AvgIpc) is 3.02. The van der Waals surface area contributed by atoms with Gasteiger partial charge in [0.15, 0.2) is 5.78 Å². The Bertz CT molecular complexity index is 686. The van der Waals surface area contributed by atoms with Crippen molar-refractivity contribution in [2.45, 2.75) is 110 Å². The van der Waals surface area contributed by atoms with Gasteiger partial charge >= 0.3 is 35.5 Å². The van der Waals surface area contributed by atoms with Crippen LogP contribution in [0.15, 0.2) is 11.6 Å². The van der Waals surface area contributed by atoms with E-state index in [4.69, 9.17) is 4.74 Å². The number of ether oxygens (including phenoxy) is 1. The SMILES string of the molecule is CCCCCCC(=O)O[C@H]1CC[C@H]2[C@@H]3CCC4=CC(=O)CC[C@]4(C)[C@H]3CC[C@]12C.[NaH]. The minimum absolute atomic E-state index is 0. The van der Waals surface area contributed by atoms with E-state index in [9.17, 15) is 9.59 Å². The van der Waals surface area contributed by atoms with E-state index in [0.717, 1.165) is 44.4 Å². The molecule has 164 valence electrons. The Morgan fingerprint density at radius 1 is 1.03 bits per heavy atom. The van der Waals surface area contributed by atoms with Gasteiger partial charge in [-0.2, -0.15) is 0 Å². The first-order valence-electron chi connectivity index (χ1n) is 12.3. The number of unbranched alkanes of at least 4 members (excludes halogenated alkanes) is 3. The summed E-state index contributed by atoms with van der Waals surface area (Å²) in [5.74, 6) is 2.48. The van der Waals surface area contributed by atoms with Crippen LogP contribution in [0.3, 0.4) is 0 Å². The van der Waals surface area contributed by atoms with E-state index in [0.29, 0.717) is 24.0 Å². The summed E-state index contributed by atoms with van der Waals surface area (Å²) in [4.78, 5) is 24.5. The fourth-order valence-electron chi connectivity index (χ4n) is 7.62. The summed E-state index contributed by atoms with van der Waals surface area (Å²) in [5, 5.41) is 0. The van der Waals surface area contributed by atoms with E-state index in [1.807, 2.05) is 6.08 Å². The molecule has 0 N–H and O–H groups in total. The fraction of sp³-hybridized carbons (Fsp3) is 0.846. The third-order valence-corrected chi connectivity index (χ3v) is 9.38. The number of rotatable bonds is 6. The van der Waals surface area contributed by atoms with Gasteiger partial charge in [0, 0.05) is 18.3 Å². The van der Waals surface area contributed by atoms with Crippen molar-refractivity contribution in [1.82, 2.24) is 0 Å². The monoisotopic (exact) mass is 424 g/mol. The fourth-order valence-corrected chi connectivity index (χ4v) is 7.62. The molecule has 0 aromatic rings. The Morgan fingerprint density at radius 3 is 2.60 bits per heavy atom. The van der Waals surface area contributed by atoms with Crippen molar-refractivity contribution in [2.75, 3.05) is 0 Å².